The number of hydrazone groups is 1. The zero-order valence-electron chi connectivity index (χ0n) is 9.82. The third-order valence-corrected chi connectivity index (χ3v) is 2.51. The maximum Gasteiger partial charge on any atom is 0.151 e. The van der Waals surface area contributed by atoms with Crippen LogP contribution in [0.25, 0.3) is 0 Å². The molecule has 2 aromatic rings. The van der Waals surface area contributed by atoms with Crippen molar-refractivity contribution in [3.8, 4) is 0 Å². The fourth-order valence-corrected chi connectivity index (χ4v) is 1.48. The van der Waals surface area contributed by atoms with Gasteiger partial charge in [0, 0.05) is 6.07 Å². The highest BCUT2D eigenvalue weighted by atomic mass is 19.1. The standard InChI is InChI=1S/C14H12F2N2/c1-10-4-2-3-5-11(10)9-17-18-14-7-6-12(15)8-13(14)16/h2-9,18H,1H3/b17-9-. The van der Waals surface area contributed by atoms with Crippen LogP contribution in [0.5, 0.6) is 0 Å². The lowest BCUT2D eigenvalue weighted by atomic mass is 10.1. The molecule has 2 aromatic carbocycles. The molecule has 2 rings (SSSR count). The molecule has 0 spiro atoms. The molecule has 0 heterocycles. The monoisotopic (exact) mass is 246 g/mol. The number of aryl methyl sites for hydroxylation is 1. The van der Waals surface area contributed by atoms with Gasteiger partial charge in [-0.05, 0) is 30.2 Å². The Balaban J connectivity index is 2.10. The van der Waals surface area contributed by atoms with Gasteiger partial charge in [0.1, 0.15) is 5.82 Å². The van der Waals surface area contributed by atoms with Gasteiger partial charge < -0.3 is 0 Å². The van der Waals surface area contributed by atoms with Crippen LogP contribution in [0.4, 0.5) is 14.5 Å². The number of halogens is 2. The van der Waals surface area contributed by atoms with E-state index in [1.54, 1.807) is 6.21 Å². The Labute approximate surface area is 104 Å². The van der Waals surface area contributed by atoms with Gasteiger partial charge in [0.05, 0.1) is 11.9 Å². The number of anilines is 1. The fourth-order valence-electron chi connectivity index (χ4n) is 1.48. The lowest BCUT2D eigenvalue weighted by Crippen LogP contribution is -1.95. The summed E-state index contributed by atoms with van der Waals surface area (Å²) in [5, 5.41) is 3.93. The number of hydrogen-bond donors (Lipinski definition) is 1. The number of rotatable bonds is 3. The van der Waals surface area contributed by atoms with Gasteiger partial charge in [0.2, 0.25) is 0 Å². The average Bonchev–Trinajstić information content (AvgIpc) is 2.34. The van der Waals surface area contributed by atoms with E-state index in [1.165, 1.54) is 12.1 Å². The summed E-state index contributed by atoms with van der Waals surface area (Å²) in [6, 6.07) is 11.0. The molecule has 0 saturated heterocycles. The summed E-state index contributed by atoms with van der Waals surface area (Å²) in [7, 11) is 0. The third kappa shape index (κ3) is 2.91. The molecule has 4 heteroatoms. The van der Waals surface area contributed by atoms with Crippen LogP contribution in [0.2, 0.25) is 0 Å². The second-order valence-corrected chi connectivity index (χ2v) is 3.85. The lowest BCUT2D eigenvalue weighted by molar-refractivity contribution is 0.585. The SMILES string of the molecule is Cc1ccccc1/C=N\Nc1ccc(F)cc1F. The Morgan fingerprint density at radius 2 is 1.89 bits per heavy atom. The molecule has 0 amide bonds. The first-order valence-electron chi connectivity index (χ1n) is 5.46. The summed E-state index contributed by atoms with van der Waals surface area (Å²) in [4.78, 5) is 0. The predicted octanol–water partition coefficient (Wildman–Crippen LogP) is 3.72. The van der Waals surface area contributed by atoms with Crippen LogP contribution in [0.15, 0.2) is 47.6 Å². The van der Waals surface area contributed by atoms with Crippen LogP contribution in [0.3, 0.4) is 0 Å². The third-order valence-electron chi connectivity index (χ3n) is 2.51. The highest BCUT2D eigenvalue weighted by Gasteiger charge is 2.01. The first-order valence-corrected chi connectivity index (χ1v) is 5.46. The molecule has 0 aliphatic carbocycles. The first-order chi connectivity index (χ1) is 8.66. The van der Waals surface area contributed by atoms with Gasteiger partial charge in [0.15, 0.2) is 5.82 Å². The predicted molar refractivity (Wildman–Crippen MR) is 68.8 cm³/mol. The molecule has 0 aromatic heterocycles. The van der Waals surface area contributed by atoms with Crippen molar-refractivity contribution < 1.29 is 8.78 Å². The Morgan fingerprint density at radius 3 is 2.61 bits per heavy atom. The van der Waals surface area contributed by atoms with Crippen LogP contribution in [0.1, 0.15) is 11.1 Å². The Morgan fingerprint density at radius 1 is 1.11 bits per heavy atom. The van der Waals surface area contributed by atoms with Crippen molar-refractivity contribution in [3.63, 3.8) is 0 Å². The average molecular weight is 246 g/mol. The summed E-state index contributed by atoms with van der Waals surface area (Å²) >= 11 is 0. The molecular weight excluding hydrogens is 234 g/mol. The first kappa shape index (κ1) is 12.2. The Kier molecular flexibility index (Phi) is 3.67. The number of nitrogens with zero attached hydrogens (tertiary/aromatic N) is 1. The quantitative estimate of drug-likeness (QED) is 0.647. The van der Waals surface area contributed by atoms with Crippen LogP contribution >= 0.6 is 0 Å². The van der Waals surface area contributed by atoms with E-state index >= 15 is 0 Å². The van der Waals surface area contributed by atoms with Crippen molar-refractivity contribution in [2.24, 2.45) is 5.10 Å². The lowest BCUT2D eigenvalue weighted by Gasteiger charge is -2.02. The normalized spacial score (nSPS) is 10.8. The molecule has 0 saturated carbocycles. The smallest absolute Gasteiger partial charge is 0.151 e. The molecule has 0 aliphatic rings. The van der Waals surface area contributed by atoms with Crippen LogP contribution in [-0.2, 0) is 0 Å². The Bertz CT molecular complexity index is 580. The minimum Gasteiger partial charge on any atom is -0.276 e. The van der Waals surface area contributed by atoms with Gasteiger partial charge in [0.25, 0.3) is 0 Å². The zero-order valence-corrected chi connectivity index (χ0v) is 9.82. The highest BCUT2D eigenvalue weighted by Crippen LogP contribution is 2.14. The largest absolute Gasteiger partial charge is 0.276 e. The molecule has 0 aliphatic heterocycles. The van der Waals surface area contributed by atoms with E-state index in [4.69, 9.17) is 0 Å². The molecule has 0 unspecified atom stereocenters. The maximum atomic E-state index is 13.3. The summed E-state index contributed by atoms with van der Waals surface area (Å²) in [6.45, 7) is 1.96. The molecule has 92 valence electrons. The number of nitrogens with one attached hydrogen (secondary N) is 1. The van der Waals surface area contributed by atoms with Crippen molar-refractivity contribution in [1.82, 2.24) is 0 Å². The van der Waals surface area contributed by atoms with Gasteiger partial charge in [-0.25, -0.2) is 8.78 Å². The van der Waals surface area contributed by atoms with Crippen molar-refractivity contribution in [2.75, 3.05) is 5.43 Å². The molecule has 0 atom stereocenters. The second-order valence-electron chi connectivity index (χ2n) is 3.85. The summed E-state index contributed by atoms with van der Waals surface area (Å²) in [5.74, 6) is -1.28. The molecule has 2 nitrogen and oxygen atoms in total. The number of hydrogen-bond acceptors (Lipinski definition) is 2. The van der Waals surface area contributed by atoms with Gasteiger partial charge in [-0.1, -0.05) is 24.3 Å². The van der Waals surface area contributed by atoms with Crippen molar-refractivity contribution >= 4 is 11.9 Å². The van der Waals surface area contributed by atoms with E-state index in [1.807, 2.05) is 31.2 Å². The van der Waals surface area contributed by atoms with E-state index in [0.717, 1.165) is 17.2 Å². The minimum absolute atomic E-state index is 0.140. The zero-order chi connectivity index (χ0) is 13.0. The summed E-state index contributed by atoms with van der Waals surface area (Å²) in [5.41, 5.74) is 4.69. The van der Waals surface area contributed by atoms with Crippen LogP contribution in [0, 0.1) is 18.6 Å². The molecule has 0 fully saturated rings. The second kappa shape index (κ2) is 5.40. The van der Waals surface area contributed by atoms with E-state index in [9.17, 15) is 8.78 Å². The number of benzene rings is 2. The van der Waals surface area contributed by atoms with Gasteiger partial charge >= 0.3 is 0 Å². The van der Waals surface area contributed by atoms with E-state index in [0.29, 0.717) is 0 Å². The molecule has 0 radical (unpaired) electrons. The van der Waals surface area contributed by atoms with Gasteiger partial charge in [-0.15, -0.1) is 0 Å². The molecule has 1 N–H and O–H groups in total. The topological polar surface area (TPSA) is 24.4 Å². The molecular formula is C14H12F2N2. The Hall–Kier alpha value is -2.23. The van der Waals surface area contributed by atoms with Crippen molar-refractivity contribution in [1.29, 1.82) is 0 Å². The van der Waals surface area contributed by atoms with E-state index in [-0.39, 0.29) is 5.69 Å². The molecule has 18 heavy (non-hydrogen) atoms. The van der Waals surface area contributed by atoms with Crippen molar-refractivity contribution in [3.05, 3.63) is 65.2 Å². The molecule has 0 bridgehead atoms. The van der Waals surface area contributed by atoms with Crippen LogP contribution in [-0.4, -0.2) is 6.21 Å². The fraction of sp³-hybridized carbons (Fsp3) is 0.0714. The van der Waals surface area contributed by atoms with Gasteiger partial charge in [-0.3, -0.25) is 5.43 Å². The van der Waals surface area contributed by atoms with E-state index in [2.05, 4.69) is 10.5 Å². The van der Waals surface area contributed by atoms with Gasteiger partial charge in [-0.2, -0.15) is 5.10 Å². The van der Waals surface area contributed by atoms with Crippen molar-refractivity contribution in [2.45, 2.75) is 6.92 Å². The highest BCUT2D eigenvalue weighted by molar-refractivity contribution is 5.82. The van der Waals surface area contributed by atoms with E-state index < -0.39 is 11.6 Å². The maximum absolute atomic E-state index is 13.3. The summed E-state index contributed by atoms with van der Waals surface area (Å²) < 4.78 is 26.0. The van der Waals surface area contributed by atoms with Crippen LogP contribution < -0.4 is 5.43 Å². The summed E-state index contributed by atoms with van der Waals surface area (Å²) in [6.07, 6.45) is 1.60. The minimum atomic E-state index is -0.670.